The van der Waals surface area contributed by atoms with Crippen LogP contribution < -0.4 is 0 Å². The Kier molecular flexibility index (Phi) is 3.11. The number of carbonyl (C=O) groups excluding carboxylic acids is 1. The topological polar surface area (TPSA) is 32.9 Å². The van der Waals surface area contributed by atoms with E-state index in [1.165, 1.54) is 12.1 Å². The SMILES string of the molecule is Cc1ccc2[nH]cc(C(=O)Cc3ccc(F)cc3)c2c1. The van der Waals surface area contributed by atoms with Crippen molar-refractivity contribution >= 4 is 16.7 Å². The van der Waals surface area contributed by atoms with E-state index < -0.39 is 0 Å². The van der Waals surface area contributed by atoms with Crippen LogP contribution in [0, 0.1) is 12.7 Å². The van der Waals surface area contributed by atoms with Crippen LogP contribution in [0.3, 0.4) is 0 Å². The molecule has 20 heavy (non-hydrogen) atoms. The van der Waals surface area contributed by atoms with Gasteiger partial charge in [-0.05, 0) is 36.8 Å². The molecule has 3 aromatic rings. The smallest absolute Gasteiger partial charge is 0.169 e. The van der Waals surface area contributed by atoms with Gasteiger partial charge in [-0.25, -0.2) is 4.39 Å². The van der Waals surface area contributed by atoms with Crippen molar-refractivity contribution in [2.45, 2.75) is 13.3 Å². The Morgan fingerprint density at radius 2 is 1.90 bits per heavy atom. The normalized spacial score (nSPS) is 10.9. The number of H-pyrrole nitrogens is 1. The zero-order chi connectivity index (χ0) is 14.1. The predicted octanol–water partition coefficient (Wildman–Crippen LogP) is 4.04. The number of aromatic nitrogens is 1. The highest BCUT2D eigenvalue weighted by molar-refractivity contribution is 6.08. The molecule has 2 nitrogen and oxygen atoms in total. The van der Waals surface area contributed by atoms with E-state index in [0.717, 1.165) is 22.0 Å². The maximum absolute atomic E-state index is 12.9. The van der Waals surface area contributed by atoms with Crippen LogP contribution in [0.25, 0.3) is 10.9 Å². The summed E-state index contributed by atoms with van der Waals surface area (Å²) in [6.07, 6.45) is 2.02. The summed E-state index contributed by atoms with van der Waals surface area (Å²) in [4.78, 5) is 15.5. The summed E-state index contributed by atoms with van der Waals surface area (Å²) >= 11 is 0. The van der Waals surface area contributed by atoms with Crippen molar-refractivity contribution in [2.75, 3.05) is 0 Å². The molecule has 1 aromatic heterocycles. The number of Topliss-reactive ketones (excluding diaryl/α,β-unsaturated/α-hetero) is 1. The molecule has 0 saturated heterocycles. The second-order valence-electron chi connectivity index (χ2n) is 4.98. The average Bonchev–Trinajstić information content (AvgIpc) is 2.84. The highest BCUT2D eigenvalue weighted by Crippen LogP contribution is 2.21. The van der Waals surface area contributed by atoms with Crippen molar-refractivity contribution in [3.05, 3.63) is 71.2 Å². The molecule has 0 unspecified atom stereocenters. The van der Waals surface area contributed by atoms with E-state index in [0.29, 0.717) is 5.56 Å². The number of aryl methyl sites for hydroxylation is 1. The van der Waals surface area contributed by atoms with Crippen LogP contribution in [-0.4, -0.2) is 10.8 Å². The Morgan fingerprint density at radius 1 is 1.15 bits per heavy atom. The second kappa shape index (κ2) is 4.93. The highest BCUT2D eigenvalue weighted by Gasteiger charge is 2.12. The fraction of sp³-hybridized carbons (Fsp3) is 0.118. The minimum Gasteiger partial charge on any atom is -0.360 e. The van der Waals surface area contributed by atoms with Crippen molar-refractivity contribution in [1.29, 1.82) is 0 Å². The molecule has 0 atom stereocenters. The third kappa shape index (κ3) is 2.35. The van der Waals surface area contributed by atoms with Crippen LogP contribution in [0.2, 0.25) is 0 Å². The van der Waals surface area contributed by atoms with Gasteiger partial charge in [0.25, 0.3) is 0 Å². The molecule has 0 bridgehead atoms. The van der Waals surface area contributed by atoms with E-state index in [1.807, 2.05) is 25.1 Å². The molecule has 2 aromatic carbocycles. The first-order chi connectivity index (χ1) is 9.63. The van der Waals surface area contributed by atoms with Gasteiger partial charge in [-0.3, -0.25) is 4.79 Å². The third-order valence-electron chi connectivity index (χ3n) is 3.42. The molecule has 0 fully saturated rings. The van der Waals surface area contributed by atoms with Gasteiger partial charge >= 0.3 is 0 Å². The molecular weight excluding hydrogens is 253 g/mol. The number of fused-ring (bicyclic) bond motifs is 1. The number of halogens is 1. The molecule has 0 amide bonds. The molecular formula is C17H14FNO. The Morgan fingerprint density at radius 3 is 2.65 bits per heavy atom. The van der Waals surface area contributed by atoms with Gasteiger partial charge in [0.15, 0.2) is 5.78 Å². The first-order valence-corrected chi connectivity index (χ1v) is 6.49. The zero-order valence-corrected chi connectivity index (χ0v) is 11.1. The number of carbonyl (C=O) groups is 1. The van der Waals surface area contributed by atoms with Crippen LogP contribution in [0.4, 0.5) is 4.39 Å². The molecule has 0 radical (unpaired) electrons. The number of hydrogen-bond acceptors (Lipinski definition) is 1. The summed E-state index contributed by atoms with van der Waals surface area (Å²) in [5, 5.41) is 0.942. The largest absolute Gasteiger partial charge is 0.360 e. The zero-order valence-electron chi connectivity index (χ0n) is 11.1. The summed E-state index contributed by atoms with van der Waals surface area (Å²) < 4.78 is 12.9. The standard InChI is InChI=1S/C17H14FNO/c1-11-2-7-16-14(8-11)15(10-19-16)17(20)9-12-3-5-13(18)6-4-12/h2-8,10,19H,9H2,1H3. The van der Waals surface area contributed by atoms with Gasteiger partial charge in [-0.1, -0.05) is 23.8 Å². The molecule has 100 valence electrons. The van der Waals surface area contributed by atoms with Crippen LogP contribution in [0.5, 0.6) is 0 Å². The lowest BCUT2D eigenvalue weighted by Gasteiger charge is -2.01. The van der Waals surface area contributed by atoms with E-state index in [1.54, 1.807) is 18.3 Å². The average molecular weight is 267 g/mol. The number of aromatic amines is 1. The molecule has 3 heteroatoms. The molecule has 1 N–H and O–H groups in total. The molecule has 0 aliphatic rings. The number of hydrogen-bond donors (Lipinski definition) is 1. The fourth-order valence-corrected chi connectivity index (χ4v) is 2.35. The molecule has 0 aliphatic heterocycles. The van der Waals surface area contributed by atoms with Gasteiger partial charge in [-0.15, -0.1) is 0 Å². The van der Waals surface area contributed by atoms with Crippen LogP contribution >= 0.6 is 0 Å². The lowest BCUT2D eigenvalue weighted by atomic mass is 10.0. The predicted molar refractivity (Wildman–Crippen MR) is 77.5 cm³/mol. The Labute approximate surface area is 116 Å². The van der Waals surface area contributed by atoms with Gasteiger partial charge in [0.05, 0.1) is 0 Å². The Bertz CT molecular complexity index is 771. The van der Waals surface area contributed by atoms with Gasteiger partial charge in [0.2, 0.25) is 0 Å². The summed E-state index contributed by atoms with van der Waals surface area (Å²) in [7, 11) is 0. The minimum absolute atomic E-state index is 0.0356. The summed E-state index contributed by atoms with van der Waals surface area (Å²) in [6, 6.07) is 12.0. The summed E-state index contributed by atoms with van der Waals surface area (Å²) in [5.41, 5.74) is 3.58. The Balaban J connectivity index is 1.92. The van der Waals surface area contributed by atoms with Crippen LogP contribution in [0.15, 0.2) is 48.7 Å². The number of benzene rings is 2. The van der Waals surface area contributed by atoms with Crippen molar-refractivity contribution in [3.8, 4) is 0 Å². The maximum atomic E-state index is 12.9. The molecule has 0 aliphatic carbocycles. The van der Waals surface area contributed by atoms with E-state index in [-0.39, 0.29) is 18.0 Å². The lowest BCUT2D eigenvalue weighted by Crippen LogP contribution is -2.02. The van der Waals surface area contributed by atoms with E-state index >= 15 is 0 Å². The van der Waals surface area contributed by atoms with Crippen molar-refractivity contribution in [3.63, 3.8) is 0 Å². The maximum Gasteiger partial charge on any atom is 0.169 e. The number of ketones is 1. The number of rotatable bonds is 3. The van der Waals surface area contributed by atoms with E-state index in [4.69, 9.17) is 0 Å². The second-order valence-corrected chi connectivity index (χ2v) is 4.98. The highest BCUT2D eigenvalue weighted by atomic mass is 19.1. The lowest BCUT2D eigenvalue weighted by molar-refractivity contribution is 0.0994. The number of nitrogens with one attached hydrogen (secondary N) is 1. The molecule has 1 heterocycles. The van der Waals surface area contributed by atoms with Gasteiger partial charge in [0.1, 0.15) is 5.82 Å². The quantitative estimate of drug-likeness (QED) is 0.714. The molecule has 0 saturated carbocycles. The molecule has 3 rings (SSSR count). The Hall–Kier alpha value is -2.42. The van der Waals surface area contributed by atoms with Gasteiger partial charge in [-0.2, -0.15) is 0 Å². The van der Waals surface area contributed by atoms with Gasteiger partial charge in [0, 0.05) is 29.1 Å². The third-order valence-corrected chi connectivity index (χ3v) is 3.42. The summed E-state index contributed by atoms with van der Waals surface area (Å²) in [5.74, 6) is -0.252. The van der Waals surface area contributed by atoms with Crippen LogP contribution in [-0.2, 0) is 6.42 Å². The van der Waals surface area contributed by atoms with E-state index in [2.05, 4.69) is 4.98 Å². The summed E-state index contributed by atoms with van der Waals surface area (Å²) in [6.45, 7) is 2.00. The monoisotopic (exact) mass is 267 g/mol. The van der Waals surface area contributed by atoms with Gasteiger partial charge < -0.3 is 4.98 Å². The first-order valence-electron chi connectivity index (χ1n) is 6.49. The van der Waals surface area contributed by atoms with Crippen LogP contribution in [0.1, 0.15) is 21.5 Å². The van der Waals surface area contributed by atoms with Crippen molar-refractivity contribution in [1.82, 2.24) is 4.98 Å². The minimum atomic E-state index is -0.288. The first kappa shape index (κ1) is 12.6. The molecule has 0 spiro atoms. The fourth-order valence-electron chi connectivity index (χ4n) is 2.35. The van der Waals surface area contributed by atoms with E-state index in [9.17, 15) is 9.18 Å². The van der Waals surface area contributed by atoms with Crippen molar-refractivity contribution in [2.24, 2.45) is 0 Å². The van der Waals surface area contributed by atoms with Crippen molar-refractivity contribution < 1.29 is 9.18 Å².